The number of nitrogens with one attached hydrogen (secondary N) is 1. The van der Waals surface area contributed by atoms with Crippen LogP contribution in [-0.4, -0.2) is 53.6 Å². The van der Waals surface area contributed by atoms with Gasteiger partial charge in [0.2, 0.25) is 0 Å². The van der Waals surface area contributed by atoms with Gasteiger partial charge in [-0.2, -0.15) is 0 Å². The molecule has 7 heteroatoms. The van der Waals surface area contributed by atoms with E-state index in [0.29, 0.717) is 6.54 Å². The first-order valence-corrected chi connectivity index (χ1v) is 12.2. The van der Waals surface area contributed by atoms with Gasteiger partial charge in [-0.25, -0.2) is 14.8 Å². The number of aryl methyl sites for hydroxylation is 2. The molecule has 0 unspecified atom stereocenters. The lowest BCUT2D eigenvalue weighted by Crippen LogP contribution is -2.52. The number of hydrogen-bond acceptors (Lipinski definition) is 5. The monoisotopic (exact) mass is 435 g/mol. The molecule has 5 rings (SSSR count). The fourth-order valence-electron chi connectivity index (χ4n) is 4.65. The van der Waals surface area contributed by atoms with Gasteiger partial charge in [-0.1, -0.05) is 30.3 Å². The summed E-state index contributed by atoms with van der Waals surface area (Å²) in [6.45, 7) is 5.67. The SMILES string of the molecule is CCNC(=O)N1CCN(c2nc(Cc3ccccc3)nc3sc4c(c23)CCCC4)CC1. The lowest BCUT2D eigenvalue weighted by Gasteiger charge is -2.35. The highest BCUT2D eigenvalue weighted by molar-refractivity contribution is 7.19. The third kappa shape index (κ3) is 4.11. The number of aromatic nitrogens is 2. The molecule has 1 aliphatic carbocycles. The molecule has 1 N–H and O–H groups in total. The van der Waals surface area contributed by atoms with Crippen LogP contribution in [-0.2, 0) is 19.3 Å². The number of carbonyl (C=O) groups excluding carboxylic acids is 1. The van der Waals surface area contributed by atoms with Gasteiger partial charge in [0, 0.05) is 44.0 Å². The van der Waals surface area contributed by atoms with Crippen molar-refractivity contribution in [2.75, 3.05) is 37.6 Å². The highest BCUT2D eigenvalue weighted by atomic mass is 32.1. The van der Waals surface area contributed by atoms with E-state index in [0.717, 1.165) is 61.9 Å². The first-order chi connectivity index (χ1) is 15.2. The highest BCUT2D eigenvalue weighted by Crippen LogP contribution is 2.40. The third-order valence-electron chi connectivity index (χ3n) is 6.24. The van der Waals surface area contributed by atoms with E-state index in [4.69, 9.17) is 9.97 Å². The summed E-state index contributed by atoms with van der Waals surface area (Å²) in [4.78, 5) is 29.3. The average molecular weight is 436 g/mol. The van der Waals surface area contributed by atoms with Crippen molar-refractivity contribution in [1.29, 1.82) is 0 Å². The molecular formula is C24H29N5OS. The molecule has 162 valence electrons. The Balaban J connectivity index is 1.49. The second kappa shape index (κ2) is 8.83. The predicted molar refractivity (Wildman–Crippen MR) is 126 cm³/mol. The molecule has 0 bridgehead atoms. The normalized spacial score (nSPS) is 16.4. The number of carbonyl (C=O) groups is 1. The number of piperazine rings is 1. The molecule has 1 saturated heterocycles. The Hall–Kier alpha value is -2.67. The average Bonchev–Trinajstić information content (AvgIpc) is 3.18. The summed E-state index contributed by atoms with van der Waals surface area (Å²) in [5.41, 5.74) is 2.70. The van der Waals surface area contributed by atoms with Crippen molar-refractivity contribution in [2.45, 2.75) is 39.0 Å². The first kappa shape index (κ1) is 20.2. The maximum absolute atomic E-state index is 12.2. The van der Waals surface area contributed by atoms with Crippen LogP contribution in [0.15, 0.2) is 30.3 Å². The van der Waals surface area contributed by atoms with Gasteiger partial charge >= 0.3 is 6.03 Å². The maximum Gasteiger partial charge on any atom is 0.317 e. The minimum atomic E-state index is 0.0349. The van der Waals surface area contributed by atoms with Crippen molar-refractivity contribution in [3.05, 3.63) is 52.2 Å². The van der Waals surface area contributed by atoms with E-state index >= 15 is 0 Å². The van der Waals surface area contributed by atoms with E-state index in [1.807, 2.05) is 29.2 Å². The van der Waals surface area contributed by atoms with Gasteiger partial charge < -0.3 is 15.1 Å². The molecule has 0 atom stereocenters. The van der Waals surface area contributed by atoms with Gasteiger partial charge in [-0.05, 0) is 43.7 Å². The number of amides is 2. The molecule has 0 radical (unpaired) electrons. The molecular weight excluding hydrogens is 406 g/mol. The number of urea groups is 1. The number of thiophene rings is 1. The van der Waals surface area contributed by atoms with Crippen LogP contribution >= 0.6 is 11.3 Å². The fraction of sp³-hybridized carbons (Fsp3) is 0.458. The highest BCUT2D eigenvalue weighted by Gasteiger charge is 2.27. The maximum atomic E-state index is 12.2. The topological polar surface area (TPSA) is 61.4 Å². The van der Waals surface area contributed by atoms with Crippen LogP contribution in [0.1, 0.15) is 41.6 Å². The Bertz CT molecular complexity index is 1070. The summed E-state index contributed by atoms with van der Waals surface area (Å²) < 4.78 is 0. The summed E-state index contributed by atoms with van der Waals surface area (Å²) in [5.74, 6) is 1.96. The molecule has 1 aliphatic heterocycles. The van der Waals surface area contributed by atoms with Gasteiger partial charge in [0.15, 0.2) is 0 Å². The van der Waals surface area contributed by atoms with E-state index in [9.17, 15) is 4.79 Å². The smallest absolute Gasteiger partial charge is 0.317 e. The molecule has 2 aromatic heterocycles. The summed E-state index contributed by atoms with van der Waals surface area (Å²) >= 11 is 1.86. The zero-order valence-electron chi connectivity index (χ0n) is 18.1. The number of hydrogen-bond donors (Lipinski definition) is 1. The zero-order valence-corrected chi connectivity index (χ0v) is 18.9. The van der Waals surface area contributed by atoms with Crippen LogP contribution in [0.5, 0.6) is 0 Å². The molecule has 0 spiro atoms. The summed E-state index contributed by atoms with van der Waals surface area (Å²) in [5, 5.41) is 4.18. The molecule has 1 fully saturated rings. The second-order valence-electron chi connectivity index (χ2n) is 8.33. The van der Waals surface area contributed by atoms with Crippen LogP contribution in [0.25, 0.3) is 10.2 Å². The second-order valence-corrected chi connectivity index (χ2v) is 9.41. The van der Waals surface area contributed by atoms with Gasteiger partial charge in [0.05, 0.1) is 5.39 Å². The van der Waals surface area contributed by atoms with Crippen LogP contribution in [0, 0.1) is 0 Å². The van der Waals surface area contributed by atoms with Gasteiger partial charge in [-0.15, -0.1) is 11.3 Å². The van der Waals surface area contributed by atoms with Crippen molar-refractivity contribution < 1.29 is 4.79 Å². The van der Waals surface area contributed by atoms with E-state index < -0.39 is 0 Å². The molecule has 1 aromatic carbocycles. The number of rotatable bonds is 4. The van der Waals surface area contributed by atoms with Crippen LogP contribution < -0.4 is 10.2 Å². The van der Waals surface area contributed by atoms with Gasteiger partial charge in [0.25, 0.3) is 0 Å². The summed E-state index contributed by atoms with van der Waals surface area (Å²) in [7, 11) is 0. The molecule has 3 heterocycles. The molecule has 2 aliphatic rings. The molecule has 3 aromatic rings. The van der Waals surface area contributed by atoms with E-state index in [1.165, 1.54) is 34.2 Å². The standard InChI is InChI=1S/C24H29N5OS/c1-2-25-24(30)29-14-12-28(13-15-29)22-21-18-10-6-7-11-19(18)31-23(21)27-20(26-22)16-17-8-4-3-5-9-17/h3-5,8-9H,2,6-7,10-16H2,1H3,(H,25,30). The minimum Gasteiger partial charge on any atom is -0.352 e. The van der Waals surface area contributed by atoms with Crippen molar-refractivity contribution in [1.82, 2.24) is 20.2 Å². The predicted octanol–water partition coefficient (Wildman–Crippen LogP) is 4.01. The summed E-state index contributed by atoms with van der Waals surface area (Å²) in [6.07, 6.45) is 5.54. The van der Waals surface area contributed by atoms with Crippen molar-refractivity contribution in [2.24, 2.45) is 0 Å². The minimum absolute atomic E-state index is 0.0349. The Kier molecular flexibility index (Phi) is 5.76. The van der Waals surface area contributed by atoms with Crippen molar-refractivity contribution in [3.8, 4) is 0 Å². The van der Waals surface area contributed by atoms with E-state index in [2.05, 4.69) is 34.5 Å². The number of benzene rings is 1. The molecule has 0 saturated carbocycles. The zero-order chi connectivity index (χ0) is 21.2. The van der Waals surface area contributed by atoms with E-state index in [1.54, 1.807) is 0 Å². The molecule has 6 nitrogen and oxygen atoms in total. The quantitative estimate of drug-likeness (QED) is 0.673. The van der Waals surface area contributed by atoms with Crippen LogP contribution in [0.2, 0.25) is 0 Å². The lowest BCUT2D eigenvalue weighted by molar-refractivity contribution is 0.195. The first-order valence-electron chi connectivity index (χ1n) is 11.4. The molecule has 31 heavy (non-hydrogen) atoms. The fourth-order valence-corrected chi connectivity index (χ4v) is 5.93. The van der Waals surface area contributed by atoms with Gasteiger partial charge in [0.1, 0.15) is 16.5 Å². The van der Waals surface area contributed by atoms with Crippen LogP contribution in [0.3, 0.4) is 0 Å². The van der Waals surface area contributed by atoms with Crippen molar-refractivity contribution in [3.63, 3.8) is 0 Å². The Morgan fingerprint density at radius 2 is 1.84 bits per heavy atom. The Labute approximate surface area is 187 Å². The van der Waals surface area contributed by atoms with Crippen LogP contribution in [0.4, 0.5) is 10.6 Å². The summed E-state index contributed by atoms with van der Waals surface area (Å²) in [6, 6.07) is 10.5. The van der Waals surface area contributed by atoms with E-state index in [-0.39, 0.29) is 6.03 Å². The van der Waals surface area contributed by atoms with Crippen molar-refractivity contribution >= 4 is 33.4 Å². The molecule has 2 amide bonds. The lowest BCUT2D eigenvalue weighted by atomic mass is 9.96. The number of fused-ring (bicyclic) bond motifs is 3. The van der Waals surface area contributed by atoms with Gasteiger partial charge in [-0.3, -0.25) is 0 Å². The Morgan fingerprint density at radius 1 is 1.06 bits per heavy atom. The Morgan fingerprint density at radius 3 is 2.61 bits per heavy atom. The third-order valence-corrected chi connectivity index (χ3v) is 7.43. The largest absolute Gasteiger partial charge is 0.352 e. The number of nitrogens with zero attached hydrogens (tertiary/aromatic N) is 4. The number of anilines is 1.